The Morgan fingerprint density at radius 3 is 2.31 bits per heavy atom. The molecule has 0 aliphatic heterocycles. The van der Waals surface area contributed by atoms with Gasteiger partial charge in [0.25, 0.3) is 0 Å². The highest BCUT2D eigenvalue weighted by Gasteiger charge is 2.67. The normalized spacial score (nSPS) is 50.5. The van der Waals surface area contributed by atoms with Crippen LogP contribution in [0, 0.1) is 44.3 Å². The smallest absolute Gasteiger partial charge is 0.312 e. The second-order valence-electron chi connectivity index (χ2n) is 14.6. The first-order chi connectivity index (χ1) is 16.1. The van der Waals surface area contributed by atoms with Crippen LogP contribution >= 0.6 is 0 Å². The molecule has 5 rings (SSSR count). The van der Waals surface area contributed by atoms with Gasteiger partial charge >= 0.3 is 5.97 Å². The van der Waals surface area contributed by atoms with Crippen LogP contribution in [-0.2, 0) is 14.3 Å². The van der Waals surface area contributed by atoms with E-state index in [1.165, 1.54) is 18.3 Å². The van der Waals surface area contributed by atoms with Gasteiger partial charge in [-0.3, -0.25) is 9.59 Å². The lowest BCUT2D eigenvalue weighted by atomic mass is 9.35. The van der Waals surface area contributed by atoms with E-state index in [4.69, 9.17) is 4.74 Å². The minimum atomic E-state index is -0.787. The Morgan fingerprint density at radius 1 is 0.971 bits per heavy atom. The van der Waals surface area contributed by atoms with Crippen molar-refractivity contribution in [1.82, 2.24) is 0 Å². The van der Waals surface area contributed by atoms with Gasteiger partial charge in [0.2, 0.25) is 0 Å². The molecule has 4 heteroatoms. The minimum absolute atomic E-state index is 0.0376. The van der Waals surface area contributed by atoms with E-state index in [0.717, 1.165) is 38.5 Å². The zero-order valence-electron chi connectivity index (χ0n) is 23.2. The van der Waals surface area contributed by atoms with E-state index in [1.54, 1.807) is 0 Å². The van der Waals surface area contributed by atoms with Crippen LogP contribution in [0.5, 0.6) is 0 Å². The Hall–Kier alpha value is -1.42. The van der Waals surface area contributed by atoms with Crippen LogP contribution in [0.3, 0.4) is 0 Å². The van der Waals surface area contributed by atoms with Crippen LogP contribution in [0.4, 0.5) is 0 Å². The molecule has 0 saturated heterocycles. The van der Waals surface area contributed by atoms with E-state index in [1.807, 2.05) is 6.92 Å². The molecule has 3 fully saturated rings. The highest BCUT2D eigenvalue weighted by molar-refractivity contribution is 5.95. The van der Waals surface area contributed by atoms with Gasteiger partial charge in [-0.25, -0.2) is 0 Å². The van der Waals surface area contributed by atoms with Gasteiger partial charge in [0, 0.05) is 11.8 Å². The van der Waals surface area contributed by atoms with Crippen LogP contribution in [0.2, 0.25) is 0 Å². The molecule has 0 spiro atoms. The fraction of sp³-hybridized carbons (Fsp3) is 0.806. The molecule has 194 valence electrons. The van der Waals surface area contributed by atoms with Crippen LogP contribution in [-0.4, -0.2) is 30.1 Å². The molecule has 1 N–H and O–H groups in total. The number of carbonyl (C=O) groups excluding carboxylic acids is 2. The molecule has 0 bridgehead atoms. The number of fused-ring (bicyclic) bond motifs is 6. The minimum Gasteiger partial charge on any atom is -0.469 e. The molecule has 3 saturated carbocycles. The first-order valence-corrected chi connectivity index (χ1v) is 13.8. The van der Waals surface area contributed by atoms with Gasteiger partial charge in [0.15, 0.2) is 0 Å². The van der Waals surface area contributed by atoms with Gasteiger partial charge in [-0.2, -0.15) is 0 Å². The van der Waals surface area contributed by atoms with E-state index in [0.29, 0.717) is 18.3 Å². The fourth-order valence-corrected chi connectivity index (χ4v) is 10.0. The molecule has 0 aromatic heterocycles. The Kier molecular flexibility index (Phi) is 5.29. The summed E-state index contributed by atoms with van der Waals surface area (Å²) in [6.07, 6.45) is 11.5. The lowest BCUT2D eigenvalue weighted by molar-refractivity contribution is -0.182. The molecule has 4 nitrogen and oxygen atoms in total. The lowest BCUT2D eigenvalue weighted by Gasteiger charge is -2.69. The number of ether oxygens (including phenoxy) is 1. The predicted octanol–water partition coefficient (Wildman–Crippen LogP) is 6.42. The number of esters is 1. The second kappa shape index (κ2) is 7.33. The summed E-state index contributed by atoms with van der Waals surface area (Å²) in [5.74, 6) is 0.853. The van der Waals surface area contributed by atoms with E-state index < -0.39 is 10.8 Å². The van der Waals surface area contributed by atoms with E-state index >= 15 is 0 Å². The summed E-state index contributed by atoms with van der Waals surface area (Å²) in [6, 6.07) is 0. The SMILES string of the molecule is COC(=O)[C@]1(C)CC(=O)[C@]2(C)CC[C@]3(C)C(=C2C1)C=C[C@@H]1[C@@]2(C)CC[C@H](O)C(C)(C)[C@@H]2CC[C@]13C. The molecule has 0 amide bonds. The first-order valence-electron chi connectivity index (χ1n) is 13.8. The van der Waals surface area contributed by atoms with Crippen LogP contribution < -0.4 is 0 Å². The largest absolute Gasteiger partial charge is 0.469 e. The summed E-state index contributed by atoms with van der Waals surface area (Å²) in [6.45, 7) is 16.0. The molecule has 35 heavy (non-hydrogen) atoms. The Bertz CT molecular complexity index is 1040. The van der Waals surface area contributed by atoms with Crippen molar-refractivity contribution in [2.75, 3.05) is 7.11 Å². The maximum absolute atomic E-state index is 13.6. The number of allylic oxidation sites excluding steroid dienone is 4. The number of carbonyl (C=O) groups is 2. The monoisotopic (exact) mass is 482 g/mol. The Balaban J connectivity index is 1.66. The van der Waals surface area contributed by atoms with Crippen molar-refractivity contribution in [3.63, 3.8) is 0 Å². The number of hydrogen-bond donors (Lipinski definition) is 1. The number of rotatable bonds is 1. The third-order valence-electron chi connectivity index (χ3n) is 12.7. The molecule has 0 radical (unpaired) electrons. The number of hydrogen-bond acceptors (Lipinski definition) is 4. The number of ketones is 1. The van der Waals surface area contributed by atoms with Crippen LogP contribution in [0.25, 0.3) is 0 Å². The first kappa shape index (κ1) is 25.2. The van der Waals surface area contributed by atoms with E-state index in [9.17, 15) is 14.7 Å². The summed E-state index contributed by atoms with van der Waals surface area (Å²) in [7, 11) is 1.43. The standard InChI is InChI=1S/C31H46O4/c1-26(2)21-11-14-31(7)22(29(21,5)13-12-23(26)32)10-9-19-20-17-27(3,25(34)35-8)18-24(33)28(20,4)15-16-30(19,31)6/h9-10,21-23,32H,11-18H2,1-8H3/t21-,22+,23-,27-,28+,29-,30+,31+/m0/s1. The second-order valence-corrected chi connectivity index (χ2v) is 14.6. The van der Waals surface area contributed by atoms with Crippen LogP contribution in [0.15, 0.2) is 23.3 Å². The van der Waals surface area contributed by atoms with Gasteiger partial charge in [-0.15, -0.1) is 0 Å². The summed E-state index contributed by atoms with van der Waals surface area (Å²) >= 11 is 0. The van der Waals surface area contributed by atoms with Crippen molar-refractivity contribution in [1.29, 1.82) is 0 Å². The van der Waals surface area contributed by atoms with Crippen molar-refractivity contribution in [3.05, 3.63) is 23.3 Å². The zero-order chi connectivity index (χ0) is 25.8. The van der Waals surface area contributed by atoms with Gasteiger partial charge in [-0.1, -0.05) is 52.3 Å². The van der Waals surface area contributed by atoms with Gasteiger partial charge in [-0.05, 0) is 97.9 Å². The summed E-state index contributed by atoms with van der Waals surface area (Å²) in [5, 5.41) is 10.9. The number of Topliss-reactive ketones (excluding diaryl/α,β-unsaturated/α-hetero) is 1. The number of aliphatic hydroxyl groups is 1. The molecule has 0 aromatic rings. The zero-order valence-corrected chi connectivity index (χ0v) is 23.2. The third kappa shape index (κ3) is 2.95. The van der Waals surface area contributed by atoms with E-state index in [2.05, 4.69) is 53.7 Å². The number of aliphatic hydroxyl groups excluding tert-OH is 1. The lowest BCUT2D eigenvalue weighted by Crippen LogP contribution is -2.63. The molecule has 8 atom stereocenters. The van der Waals surface area contributed by atoms with Crippen molar-refractivity contribution >= 4 is 11.8 Å². The average molecular weight is 483 g/mol. The van der Waals surface area contributed by atoms with E-state index in [-0.39, 0.29) is 45.9 Å². The average Bonchev–Trinajstić information content (AvgIpc) is 2.78. The topological polar surface area (TPSA) is 63.6 Å². The van der Waals surface area contributed by atoms with Crippen LogP contribution in [0.1, 0.15) is 99.8 Å². The molecular formula is C31H46O4. The van der Waals surface area contributed by atoms with Crippen molar-refractivity contribution in [3.8, 4) is 0 Å². The van der Waals surface area contributed by atoms with Gasteiger partial charge in [0.05, 0.1) is 18.6 Å². The molecule has 5 aliphatic rings. The summed E-state index contributed by atoms with van der Waals surface area (Å²) in [4.78, 5) is 26.4. The maximum atomic E-state index is 13.6. The van der Waals surface area contributed by atoms with Crippen molar-refractivity contribution in [2.24, 2.45) is 44.3 Å². The highest BCUT2D eigenvalue weighted by Crippen LogP contribution is 2.73. The van der Waals surface area contributed by atoms with Gasteiger partial charge < -0.3 is 9.84 Å². The highest BCUT2D eigenvalue weighted by atomic mass is 16.5. The van der Waals surface area contributed by atoms with Crippen molar-refractivity contribution in [2.45, 2.75) is 106 Å². The van der Waals surface area contributed by atoms with Gasteiger partial charge in [0.1, 0.15) is 5.78 Å². The molecule has 0 heterocycles. The maximum Gasteiger partial charge on any atom is 0.312 e. The molecular weight excluding hydrogens is 436 g/mol. The molecule has 0 aromatic carbocycles. The third-order valence-corrected chi connectivity index (χ3v) is 12.7. The number of methoxy groups -OCH3 is 1. The summed E-state index contributed by atoms with van der Waals surface area (Å²) in [5.41, 5.74) is 1.36. The molecule has 0 unspecified atom stereocenters. The summed E-state index contributed by atoms with van der Waals surface area (Å²) < 4.78 is 5.17. The Labute approximate surface area is 212 Å². The molecule has 5 aliphatic carbocycles. The van der Waals surface area contributed by atoms with Crippen molar-refractivity contribution < 1.29 is 19.4 Å². The predicted molar refractivity (Wildman–Crippen MR) is 137 cm³/mol. The fourth-order valence-electron chi connectivity index (χ4n) is 10.0. The quantitative estimate of drug-likeness (QED) is 0.438. The Morgan fingerprint density at radius 2 is 1.66 bits per heavy atom.